The maximum atomic E-state index is 8.27. The van der Waals surface area contributed by atoms with E-state index in [1.54, 1.807) is 21.0 Å². The van der Waals surface area contributed by atoms with Gasteiger partial charge in [0.25, 0.3) is 0 Å². The van der Waals surface area contributed by atoms with Crippen LogP contribution >= 0.6 is 0 Å². The molecule has 0 saturated heterocycles. The Labute approximate surface area is 55.5 Å². The zero-order valence-electron chi connectivity index (χ0n) is 6.18. The molecule has 0 atom stereocenters. The van der Waals surface area contributed by atoms with Gasteiger partial charge in [0.15, 0.2) is 0 Å². The molecule has 9 heavy (non-hydrogen) atoms. The Morgan fingerprint density at radius 3 is 2.33 bits per heavy atom. The number of rotatable bonds is 4. The van der Waals surface area contributed by atoms with Gasteiger partial charge in [-0.15, -0.1) is 0 Å². The smallest absolute Gasteiger partial charge is 0.0999 e. The molecule has 0 rings (SSSR count). The highest BCUT2D eigenvalue weighted by molar-refractivity contribution is 4.64. The lowest BCUT2D eigenvalue weighted by atomic mass is 10.1. The summed E-state index contributed by atoms with van der Waals surface area (Å²) in [5, 5.41) is 8.27. The standard InChI is InChI=1S/C6H14O3/c1-6(2,9-7)4-5-8-3/h7H,4-5H2,1-3H3. The van der Waals surface area contributed by atoms with Gasteiger partial charge in [-0.1, -0.05) is 0 Å². The third-order valence-corrected chi connectivity index (χ3v) is 1.16. The van der Waals surface area contributed by atoms with Gasteiger partial charge >= 0.3 is 0 Å². The predicted octanol–water partition coefficient (Wildman–Crippen LogP) is 1.29. The van der Waals surface area contributed by atoms with Crippen LogP contribution in [0.2, 0.25) is 0 Å². The first-order chi connectivity index (χ1) is 4.12. The molecule has 0 aliphatic carbocycles. The van der Waals surface area contributed by atoms with Crippen LogP contribution in [0.25, 0.3) is 0 Å². The Bertz CT molecular complexity index is 70.7. The van der Waals surface area contributed by atoms with E-state index in [9.17, 15) is 0 Å². The summed E-state index contributed by atoms with van der Waals surface area (Å²) in [5.74, 6) is 0. The number of hydrogen-bond acceptors (Lipinski definition) is 3. The molecule has 3 heteroatoms. The van der Waals surface area contributed by atoms with E-state index in [0.717, 1.165) is 0 Å². The van der Waals surface area contributed by atoms with Crippen LogP contribution in [0.3, 0.4) is 0 Å². The van der Waals surface area contributed by atoms with E-state index in [1.807, 2.05) is 0 Å². The summed E-state index contributed by atoms with van der Waals surface area (Å²) >= 11 is 0. The van der Waals surface area contributed by atoms with Crippen molar-refractivity contribution >= 4 is 0 Å². The second kappa shape index (κ2) is 3.82. The second-order valence-corrected chi connectivity index (χ2v) is 2.59. The van der Waals surface area contributed by atoms with Crippen molar-refractivity contribution < 1.29 is 14.9 Å². The van der Waals surface area contributed by atoms with E-state index < -0.39 is 5.60 Å². The minimum atomic E-state index is -0.476. The molecule has 0 aliphatic rings. The summed E-state index contributed by atoms with van der Waals surface area (Å²) in [4.78, 5) is 4.16. The van der Waals surface area contributed by atoms with Gasteiger partial charge in [-0.05, 0) is 13.8 Å². The molecule has 0 aliphatic heterocycles. The van der Waals surface area contributed by atoms with Crippen LogP contribution in [0, 0.1) is 0 Å². The van der Waals surface area contributed by atoms with E-state index in [4.69, 9.17) is 9.99 Å². The van der Waals surface area contributed by atoms with E-state index in [2.05, 4.69) is 4.89 Å². The Balaban J connectivity index is 3.33. The molecular weight excluding hydrogens is 120 g/mol. The first kappa shape index (κ1) is 8.88. The third kappa shape index (κ3) is 4.39. The summed E-state index contributed by atoms with van der Waals surface area (Å²) < 4.78 is 4.79. The number of methoxy groups -OCH3 is 1. The van der Waals surface area contributed by atoms with Crippen molar-refractivity contribution in [3.05, 3.63) is 0 Å². The minimum absolute atomic E-state index is 0.476. The van der Waals surface area contributed by atoms with Gasteiger partial charge < -0.3 is 4.74 Å². The maximum absolute atomic E-state index is 8.27. The van der Waals surface area contributed by atoms with Crippen LogP contribution < -0.4 is 0 Å². The van der Waals surface area contributed by atoms with Crippen LogP contribution in [-0.2, 0) is 9.62 Å². The Hall–Kier alpha value is -0.120. The van der Waals surface area contributed by atoms with Gasteiger partial charge in [-0.2, -0.15) is 0 Å². The van der Waals surface area contributed by atoms with Crippen molar-refractivity contribution in [3.8, 4) is 0 Å². The molecule has 0 radical (unpaired) electrons. The molecule has 0 spiro atoms. The molecule has 0 fully saturated rings. The fourth-order valence-corrected chi connectivity index (χ4v) is 0.393. The summed E-state index contributed by atoms with van der Waals surface area (Å²) in [7, 11) is 1.62. The monoisotopic (exact) mass is 134 g/mol. The van der Waals surface area contributed by atoms with Crippen molar-refractivity contribution in [1.82, 2.24) is 0 Å². The maximum Gasteiger partial charge on any atom is 0.0999 e. The van der Waals surface area contributed by atoms with Crippen LogP contribution in [-0.4, -0.2) is 24.6 Å². The van der Waals surface area contributed by atoms with E-state index in [-0.39, 0.29) is 0 Å². The van der Waals surface area contributed by atoms with Gasteiger partial charge in [0.1, 0.15) is 0 Å². The lowest BCUT2D eigenvalue weighted by molar-refractivity contribution is -0.315. The van der Waals surface area contributed by atoms with Gasteiger partial charge in [-0.25, -0.2) is 4.89 Å². The van der Waals surface area contributed by atoms with Gasteiger partial charge in [0.05, 0.1) is 5.60 Å². The first-order valence-corrected chi connectivity index (χ1v) is 2.94. The molecule has 0 bridgehead atoms. The molecule has 0 aromatic rings. The Morgan fingerprint density at radius 1 is 1.44 bits per heavy atom. The summed E-state index contributed by atoms with van der Waals surface area (Å²) in [6.07, 6.45) is 0.694. The van der Waals surface area contributed by atoms with Crippen molar-refractivity contribution in [3.63, 3.8) is 0 Å². The minimum Gasteiger partial charge on any atom is -0.385 e. The average molecular weight is 134 g/mol. The van der Waals surface area contributed by atoms with Gasteiger partial charge in [-0.3, -0.25) is 5.26 Å². The van der Waals surface area contributed by atoms with Crippen LogP contribution in [0.15, 0.2) is 0 Å². The first-order valence-electron chi connectivity index (χ1n) is 2.94. The number of ether oxygens (including phenoxy) is 1. The third-order valence-electron chi connectivity index (χ3n) is 1.16. The summed E-state index contributed by atoms with van der Waals surface area (Å²) in [5.41, 5.74) is -0.476. The van der Waals surface area contributed by atoms with Crippen molar-refractivity contribution in [2.24, 2.45) is 0 Å². The Morgan fingerprint density at radius 2 is 2.00 bits per heavy atom. The molecule has 0 aromatic carbocycles. The highest BCUT2D eigenvalue weighted by Crippen LogP contribution is 2.11. The molecule has 3 nitrogen and oxygen atoms in total. The predicted molar refractivity (Wildman–Crippen MR) is 34.3 cm³/mol. The lowest BCUT2D eigenvalue weighted by Crippen LogP contribution is -2.24. The molecule has 0 heterocycles. The van der Waals surface area contributed by atoms with Gasteiger partial charge in [0.2, 0.25) is 0 Å². The molecule has 56 valence electrons. The molecule has 0 unspecified atom stereocenters. The zero-order valence-corrected chi connectivity index (χ0v) is 6.18. The summed E-state index contributed by atoms with van der Waals surface area (Å²) in [6.45, 7) is 4.20. The molecule has 1 N–H and O–H groups in total. The van der Waals surface area contributed by atoms with E-state index in [0.29, 0.717) is 13.0 Å². The molecule has 0 amide bonds. The second-order valence-electron chi connectivity index (χ2n) is 2.59. The van der Waals surface area contributed by atoms with Crippen molar-refractivity contribution in [1.29, 1.82) is 0 Å². The Kier molecular flexibility index (Phi) is 3.77. The molecular formula is C6H14O3. The molecule has 0 saturated carbocycles. The average Bonchev–Trinajstić information content (AvgIpc) is 1.84. The largest absolute Gasteiger partial charge is 0.385 e. The van der Waals surface area contributed by atoms with Crippen LogP contribution in [0.5, 0.6) is 0 Å². The van der Waals surface area contributed by atoms with E-state index in [1.165, 1.54) is 0 Å². The summed E-state index contributed by atoms with van der Waals surface area (Å²) in [6, 6.07) is 0. The van der Waals surface area contributed by atoms with Gasteiger partial charge in [0, 0.05) is 20.1 Å². The van der Waals surface area contributed by atoms with Crippen molar-refractivity contribution in [2.75, 3.05) is 13.7 Å². The number of hydrogen-bond donors (Lipinski definition) is 1. The van der Waals surface area contributed by atoms with Crippen LogP contribution in [0.4, 0.5) is 0 Å². The normalized spacial score (nSPS) is 12.0. The highest BCUT2D eigenvalue weighted by atomic mass is 17.1. The SMILES string of the molecule is COCCC(C)(C)OO. The fourth-order valence-electron chi connectivity index (χ4n) is 0.393. The fraction of sp³-hybridized carbons (Fsp3) is 1.00. The van der Waals surface area contributed by atoms with E-state index >= 15 is 0 Å². The van der Waals surface area contributed by atoms with Crippen LogP contribution in [0.1, 0.15) is 20.3 Å². The zero-order chi connectivity index (χ0) is 7.33. The van der Waals surface area contributed by atoms with Crippen molar-refractivity contribution in [2.45, 2.75) is 25.9 Å². The molecule has 0 aromatic heterocycles. The highest BCUT2D eigenvalue weighted by Gasteiger charge is 2.17. The quantitative estimate of drug-likeness (QED) is 0.465. The lowest BCUT2D eigenvalue weighted by Gasteiger charge is -2.18. The topological polar surface area (TPSA) is 38.7 Å².